The first-order valence-electron chi connectivity index (χ1n) is 4.72. The lowest BCUT2D eigenvalue weighted by molar-refractivity contribution is 1.00. The van der Waals surface area contributed by atoms with Gasteiger partial charge in [0.25, 0.3) is 0 Å². The van der Waals surface area contributed by atoms with E-state index in [0.717, 1.165) is 11.4 Å². The van der Waals surface area contributed by atoms with Gasteiger partial charge in [-0.25, -0.2) is 4.98 Å². The first-order chi connectivity index (χ1) is 6.31. The summed E-state index contributed by atoms with van der Waals surface area (Å²) in [7, 11) is 0. The van der Waals surface area contributed by atoms with E-state index < -0.39 is 0 Å². The van der Waals surface area contributed by atoms with E-state index in [0.29, 0.717) is 12.6 Å². The molecular weight excluding hydrogens is 162 g/mol. The Hall–Kier alpha value is -1.09. The van der Waals surface area contributed by atoms with Gasteiger partial charge < -0.3 is 11.1 Å². The second-order valence-electron chi connectivity index (χ2n) is 3.58. The molecule has 3 nitrogen and oxygen atoms in total. The third kappa shape index (κ3) is 1.80. The molecule has 1 saturated carbocycles. The second kappa shape index (κ2) is 3.34. The molecule has 0 spiro atoms. The fourth-order valence-electron chi connectivity index (χ4n) is 1.39. The smallest absolute Gasteiger partial charge is 0.130 e. The van der Waals surface area contributed by atoms with Crippen LogP contribution in [0, 0.1) is 6.92 Å². The predicted molar refractivity (Wildman–Crippen MR) is 53.5 cm³/mol. The summed E-state index contributed by atoms with van der Waals surface area (Å²) in [5.41, 5.74) is 8.04. The third-order valence-corrected chi connectivity index (χ3v) is 2.41. The van der Waals surface area contributed by atoms with Gasteiger partial charge in [-0.15, -0.1) is 0 Å². The number of anilines is 1. The molecule has 0 radical (unpaired) electrons. The summed E-state index contributed by atoms with van der Waals surface area (Å²) in [6, 6.07) is 2.64. The molecule has 3 heteroatoms. The molecule has 2 rings (SSSR count). The number of aromatic nitrogens is 1. The highest BCUT2D eigenvalue weighted by Crippen LogP contribution is 2.26. The fourth-order valence-corrected chi connectivity index (χ4v) is 1.39. The summed E-state index contributed by atoms with van der Waals surface area (Å²) >= 11 is 0. The van der Waals surface area contributed by atoms with E-state index >= 15 is 0 Å². The first-order valence-corrected chi connectivity index (χ1v) is 4.72. The molecule has 0 amide bonds. The average Bonchev–Trinajstić information content (AvgIpc) is 2.89. The SMILES string of the molecule is Cc1ccnc(NC2CC2)c1CN. The van der Waals surface area contributed by atoms with Crippen molar-refractivity contribution in [2.75, 3.05) is 5.32 Å². The van der Waals surface area contributed by atoms with Gasteiger partial charge in [0.2, 0.25) is 0 Å². The van der Waals surface area contributed by atoms with E-state index in [2.05, 4.69) is 17.2 Å². The molecular formula is C10H15N3. The Morgan fingerprint density at radius 1 is 1.62 bits per heavy atom. The molecule has 0 atom stereocenters. The minimum absolute atomic E-state index is 0.564. The van der Waals surface area contributed by atoms with Crippen LogP contribution in [0.15, 0.2) is 12.3 Å². The zero-order valence-electron chi connectivity index (χ0n) is 7.88. The zero-order chi connectivity index (χ0) is 9.26. The maximum absolute atomic E-state index is 5.67. The number of aryl methyl sites for hydroxylation is 1. The molecule has 0 saturated heterocycles. The van der Waals surface area contributed by atoms with Crippen molar-refractivity contribution in [3.63, 3.8) is 0 Å². The van der Waals surface area contributed by atoms with Crippen LogP contribution in [0.5, 0.6) is 0 Å². The Kier molecular flexibility index (Phi) is 2.19. The van der Waals surface area contributed by atoms with Gasteiger partial charge >= 0.3 is 0 Å². The van der Waals surface area contributed by atoms with Crippen LogP contribution in [0.1, 0.15) is 24.0 Å². The predicted octanol–water partition coefficient (Wildman–Crippen LogP) is 1.42. The van der Waals surface area contributed by atoms with Gasteiger partial charge in [-0.05, 0) is 31.4 Å². The summed E-state index contributed by atoms with van der Waals surface area (Å²) in [5.74, 6) is 0.977. The molecule has 1 aliphatic carbocycles. The van der Waals surface area contributed by atoms with E-state index in [-0.39, 0.29) is 0 Å². The van der Waals surface area contributed by atoms with Crippen LogP contribution in [0.4, 0.5) is 5.82 Å². The van der Waals surface area contributed by atoms with Crippen LogP contribution < -0.4 is 11.1 Å². The standard InChI is InChI=1S/C10H15N3/c1-7-4-5-12-10(9(7)6-11)13-8-2-3-8/h4-5,8H,2-3,6,11H2,1H3,(H,12,13). The lowest BCUT2D eigenvalue weighted by atomic mass is 10.1. The number of nitrogens with one attached hydrogen (secondary N) is 1. The molecule has 1 aromatic heterocycles. The van der Waals surface area contributed by atoms with Crippen molar-refractivity contribution in [1.29, 1.82) is 0 Å². The molecule has 70 valence electrons. The molecule has 1 fully saturated rings. The van der Waals surface area contributed by atoms with Crippen LogP contribution in [0.3, 0.4) is 0 Å². The summed E-state index contributed by atoms with van der Waals surface area (Å²) in [6.45, 7) is 2.64. The van der Waals surface area contributed by atoms with E-state index in [1.807, 2.05) is 12.3 Å². The van der Waals surface area contributed by atoms with E-state index in [4.69, 9.17) is 5.73 Å². The van der Waals surface area contributed by atoms with Crippen LogP contribution >= 0.6 is 0 Å². The van der Waals surface area contributed by atoms with Crippen LogP contribution in [-0.4, -0.2) is 11.0 Å². The number of nitrogens with two attached hydrogens (primary N) is 1. The van der Waals surface area contributed by atoms with Crippen molar-refractivity contribution in [3.05, 3.63) is 23.4 Å². The van der Waals surface area contributed by atoms with Gasteiger partial charge in [0, 0.05) is 24.3 Å². The van der Waals surface area contributed by atoms with Crippen LogP contribution in [-0.2, 0) is 6.54 Å². The Labute approximate surface area is 78.4 Å². The number of nitrogens with zero attached hydrogens (tertiary/aromatic N) is 1. The Morgan fingerprint density at radius 2 is 2.38 bits per heavy atom. The van der Waals surface area contributed by atoms with Gasteiger partial charge in [-0.1, -0.05) is 0 Å². The van der Waals surface area contributed by atoms with Crippen molar-refractivity contribution in [3.8, 4) is 0 Å². The largest absolute Gasteiger partial charge is 0.367 e. The van der Waals surface area contributed by atoms with Gasteiger partial charge in [0.05, 0.1) is 0 Å². The third-order valence-electron chi connectivity index (χ3n) is 2.41. The maximum atomic E-state index is 5.67. The lowest BCUT2D eigenvalue weighted by Crippen LogP contribution is -2.10. The molecule has 1 aliphatic rings. The zero-order valence-corrected chi connectivity index (χ0v) is 7.88. The van der Waals surface area contributed by atoms with Crippen molar-refractivity contribution in [1.82, 2.24) is 4.98 Å². The van der Waals surface area contributed by atoms with E-state index in [1.54, 1.807) is 0 Å². The average molecular weight is 177 g/mol. The van der Waals surface area contributed by atoms with Crippen molar-refractivity contribution >= 4 is 5.82 Å². The van der Waals surface area contributed by atoms with Crippen molar-refractivity contribution in [2.45, 2.75) is 32.4 Å². The van der Waals surface area contributed by atoms with Gasteiger partial charge in [0.15, 0.2) is 0 Å². The van der Waals surface area contributed by atoms with E-state index in [1.165, 1.54) is 18.4 Å². The normalized spacial score (nSPS) is 15.8. The number of pyridine rings is 1. The van der Waals surface area contributed by atoms with Crippen LogP contribution in [0.25, 0.3) is 0 Å². The van der Waals surface area contributed by atoms with Gasteiger partial charge in [0.1, 0.15) is 5.82 Å². The minimum atomic E-state index is 0.564. The Morgan fingerprint density at radius 3 is 3.00 bits per heavy atom. The summed E-state index contributed by atoms with van der Waals surface area (Å²) in [6.07, 6.45) is 4.36. The summed E-state index contributed by atoms with van der Waals surface area (Å²) < 4.78 is 0. The highest BCUT2D eigenvalue weighted by atomic mass is 15.0. The topological polar surface area (TPSA) is 50.9 Å². The molecule has 0 aliphatic heterocycles. The van der Waals surface area contributed by atoms with Gasteiger partial charge in [-0.2, -0.15) is 0 Å². The molecule has 0 unspecified atom stereocenters. The highest BCUT2D eigenvalue weighted by molar-refractivity contribution is 5.49. The summed E-state index contributed by atoms with van der Waals surface area (Å²) in [4.78, 5) is 4.30. The highest BCUT2D eigenvalue weighted by Gasteiger charge is 2.22. The van der Waals surface area contributed by atoms with Gasteiger partial charge in [-0.3, -0.25) is 0 Å². The van der Waals surface area contributed by atoms with Crippen LogP contribution in [0.2, 0.25) is 0 Å². The van der Waals surface area contributed by atoms with Crippen molar-refractivity contribution < 1.29 is 0 Å². The Bertz CT molecular complexity index is 305. The quantitative estimate of drug-likeness (QED) is 0.734. The molecule has 1 heterocycles. The molecule has 3 N–H and O–H groups in total. The number of hydrogen-bond donors (Lipinski definition) is 2. The number of hydrogen-bond acceptors (Lipinski definition) is 3. The maximum Gasteiger partial charge on any atom is 0.130 e. The number of rotatable bonds is 3. The second-order valence-corrected chi connectivity index (χ2v) is 3.58. The fraction of sp³-hybridized carbons (Fsp3) is 0.500. The molecule has 0 bridgehead atoms. The Balaban J connectivity index is 2.25. The molecule has 1 aromatic rings. The first kappa shape index (κ1) is 8.51. The minimum Gasteiger partial charge on any atom is -0.367 e. The van der Waals surface area contributed by atoms with E-state index in [9.17, 15) is 0 Å². The van der Waals surface area contributed by atoms with Crippen molar-refractivity contribution in [2.24, 2.45) is 5.73 Å². The monoisotopic (exact) mass is 177 g/mol. The summed E-state index contributed by atoms with van der Waals surface area (Å²) in [5, 5.41) is 3.39. The molecule has 0 aromatic carbocycles. The molecule has 13 heavy (non-hydrogen) atoms. The lowest BCUT2D eigenvalue weighted by Gasteiger charge is -2.10.